The topological polar surface area (TPSA) is 67.9 Å². The second-order valence-electron chi connectivity index (χ2n) is 5.67. The quantitative estimate of drug-likeness (QED) is 0.747. The second-order valence-corrected chi connectivity index (χ2v) is 5.67. The van der Waals surface area contributed by atoms with Crippen LogP contribution in [-0.2, 0) is 9.47 Å². The van der Waals surface area contributed by atoms with Crippen molar-refractivity contribution in [3.05, 3.63) is 0 Å². The van der Waals surface area contributed by atoms with E-state index in [2.05, 4.69) is 5.32 Å². The molecule has 24 heavy (non-hydrogen) atoms. The lowest BCUT2D eigenvalue weighted by atomic mass is 10.2. The maximum atomic E-state index is 11.7. The maximum Gasteiger partial charge on any atom is 0.410 e. The molecule has 0 atom stereocenters. The third-order valence-corrected chi connectivity index (χ3v) is 2.61. The molecule has 0 saturated carbocycles. The summed E-state index contributed by atoms with van der Waals surface area (Å²) in [4.78, 5) is 24.6. The lowest BCUT2D eigenvalue weighted by Gasteiger charge is -2.24. The zero-order valence-electron chi connectivity index (χ0n) is 17.5. The standard InChI is InChI=1S/C14H28N2O4.2C2H6/c1-7-11(8-2)19-12(17)15-9-10-16(6)13(18)20-14(3,4)5;2*1-2/h11H,7-10H2,1-6H3,(H,15,17);2*1-2H3. The van der Waals surface area contributed by atoms with E-state index in [9.17, 15) is 9.59 Å². The van der Waals surface area contributed by atoms with E-state index < -0.39 is 17.8 Å². The van der Waals surface area contributed by atoms with Gasteiger partial charge in [0.1, 0.15) is 11.7 Å². The molecular formula is C18H40N2O4. The van der Waals surface area contributed by atoms with E-state index in [0.717, 1.165) is 12.8 Å². The number of hydrogen-bond donors (Lipinski definition) is 1. The fourth-order valence-electron chi connectivity index (χ4n) is 1.41. The highest BCUT2D eigenvalue weighted by Crippen LogP contribution is 2.08. The number of carbonyl (C=O) groups is 2. The first-order valence-corrected chi connectivity index (χ1v) is 9.08. The number of ether oxygens (including phenoxy) is 2. The molecule has 6 nitrogen and oxygen atoms in total. The Morgan fingerprint density at radius 3 is 1.88 bits per heavy atom. The molecule has 0 saturated heterocycles. The Hall–Kier alpha value is -1.46. The highest BCUT2D eigenvalue weighted by Gasteiger charge is 2.19. The molecule has 0 aromatic carbocycles. The minimum absolute atomic E-state index is 0.0569. The molecule has 0 spiro atoms. The van der Waals surface area contributed by atoms with E-state index in [1.807, 2.05) is 62.3 Å². The van der Waals surface area contributed by atoms with Crippen LogP contribution < -0.4 is 5.32 Å². The van der Waals surface area contributed by atoms with Crippen molar-refractivity contribution in [2.75, 3.05) is 20.1 Å². The summed E-state index contributed by atoms with van der Waals surface area (Å²) in [7, 11) is 1.63. The molecule has 2 amide bonds. The molecule has 1 N–H and O–H groups in total. The molecule has 146 valence electrons. The molecule has 0 bridgehead atoms. The second kappa shape index (κ2) is 16.4. The Kier molecular flexibility index (Phi) is 18.7. The van der Waals surface area contributed by atoms with Crippen LogP contribution >= 0.6 is 0 Å². The molecule has 0 aliphatic rings. The van der Waals surface area contributed by atoms with Crippen molar-refractivity contribution < 1.29 is 19.1 Å². The third-order valence-electron chi connectivity index (χ3n) is 2.61. The summed E-state index contributed by atoms with van der Waals surface area (Å²) in [5.74, 6) is 0. The Balaban J connectivity index is -0.00000102. The maximum absolute atomic E-state index is 11.7. The van der Waals surface area contributed by atoms with Gasteiger partial charge in [-0.15, -0.1) is 0 Å². The van der Waals surface area contributed by atoms with Gasteiger partial charge in [0.05, 0.1) is 0 Å². The number of nitrogens with zero attached hydrogens (tertiary/aromatic N) is 1. The lowest BCUT2D eigenvalue weighted by Crippen LogP contribution is -2.39. The SMILES string of the molecule is CC.CC.CCC(CC)OC(=O)NCCN(C)C(=O)OC(C)(C)C. The van der Waals surface area contributed by atoms with Crippen molar-refractivity contribution in [2.45, 2.75) is 86.9 Å². The summed E-state index contributed by atoms with van der Waals surface area (Å²) in [5.41, 5.74) is -0.521. The molecule has 0 aliphatic carbocycles. The average Bonchev–Trinajstić information content (AvgIpc) is 2.54. The van der Waals surface area contributed by atoms with Gasteiger partial charge in [0, 0.05) is 20.1 Å². The Bertz CT molecular complexity index is 311. The minimum atomic E-state index is -0.521. The summed E-state index contributed by atoms with van der Waals surface area (Å²) in [6.07, 6.45) is 0.672. The van der Waals surface area contributed by atoms with Crippen LogP contribution in [0.2, 0.25) is 0 Å². The van der Waals surface area contributed by atoms with Gasteiger partial charge in [-0.2, -0.15) is 0 Å². The molecule has 0 aliphatic heterocycles. The molecule has 0 aromatic rings. The highest BCUT2D eigenvalue weighted by atomic mass is 16.6. The van der Waals surface area contributed by atoms with Gasteiger partial charge in [-0.25, -0.2) is 9.59 Å². The van der Waals surface area contributed by atoms with Crippen LogP contribution in [0.25, 0.3) is 0 Å². The van der Waals surface area contributed by atoms with Crippen LogP contribution in [0.5, 0.6) is 0 Å². The summed E-state index contributed by atoms with van der Waals surface area (Å²) in [6.45, 7) is 18.1. The zero-order valence-corrected chi connectivity index (χ0v) is 17.5. The van der Waals surface area contributed by atoms with Crippen molar-refractivity contribution >= 4 is 12.2 Å². The lowest BCUT2D eigenvalue weighted by molar-refractivity contribution is 0.0297. The van der Waals surface area contributed by atoms with Gasteiger partial charge in [0.2, 0.25) is 0 Å². The van der Waals surface area contributed by atoms with Crippen LogP contribution in [0.3, 0.4) is 0 Å². The molecule has 0 aromatic heterocycles. The van der Waals surface area contributed by atoms with Crippen molar-refractivity contribution in [3.8, 4) is 0 Å². The number of nitrogens with one attached hydrogen (secondary N) is 1. The number of rotatable bonds is 6. The van der Waals surface area contributed by atoms with Crippen LogP contribution in [0.4, 0.5) is 9.59 Å². The molecule has 0 fully saturated rings. The molecule has 0 radical (unpaired) electrons. The van der Waals surface area contributed by atoms with Crippen LogP contribution in [-0.4, -0.2) is 48.9 Å². The fourth-order valence-corrected chi connectivity index (χ4v) is 1.41. The van der Waals surface area contributed by atoms with Crippen molar-refractivity contribution in [1.29, 1.82) is 0 Å². The van der Waals surface area contributed by atoms with E-state index in [0.29, 0.717) is 13.1 Å². The van der Waals surface area contributed by atoms with Crippen molar-refractivity contribution in [1.82, 2.24) is 10.2 Å². The van der Waals surface area contributed by atoms with Crippen LogP contribution in [0.1, 0.15) is 75.2 Å². The molecule has 0 unspecified atom stereocenters. The summed E-state index contributed by atoms with van der Waals surface area (Å²) < 4.78 is 10.4. The molecule has 0 rings (SSSR count). The predicted octanol–water partition coefficient (Wildman–Crippen LogP) is 4.82. The first-order valence-electron chi connectivity index (χ1n) is 9.08. The van der Waals surface area contributed by atoms with Crippen molar-refractivity contribution in [2.24, 2.45) is 0 Å². The summed E-state index contributed by atoms with van der Waals surface area (Å²) in [5, 5.41) is 2.62. The van der Waals surface area contributed by atoms with E-state index in [1.165, 1.54) is 4.90 Å². The molecule has 6 heteroatoms. The summed E-state index contributed by atoms with van der Waals surface area (Å²) >= 11 is 0. The third kappa shape index (κ3) is 16.9. The van der Waals surface area contributed by atoms with Gasteiger partial charge in [0.15, 0.2) is 0 Å². The van der Waals surface area contributed by atoms with Gasteiger partial charge in [-0.3, -0.25) is 0 Å². The zero-order chi connectivity index (χ0) is 19.8. The smallest absolute Gasteiger partial charge is 0.410 e. The van der Waals surface area contributed by atoms with Crippen molar-refractivity contribution in [3.63, 3.8) is 0 Å². The van der Waals surface area contributed by atoms with E-state index >= 15 is 0 Å². The van der Waals surface area contributed by atoms with Crippen LogP contribution in [0, 0.1) is 0 Å². The first-order chi connectivity index (χ1) is 11.2. The Morgan fingerprint density at radius 2 is 1.50 bits per heavy atom. The van der Waals surface area contributed by atoms with Gasteiger partial charge >= 0.3 is 12.2 Å². The van der Waals surface area contributed by atoms with Crippen LogP contribution in [0.15, 0.2) is 0 Å². The van der Waals surface area contributed by atoms with Gasteiger partial charge < -0.3 is 19.7 Å². The number of alkyl carbamates (subject to hydrolysis) is 1. The van der Waals surface area contributed by atoms with E-state index in [1.54, 1.807) is 7.05 Å². The van der Waals surface area contributed by atoms with Gasteiger partial charge in [-0.05, 0) is 33.6 Å². The monoisotopic (exact) mass is 348 g/mol. The Labute approximate surface area is 149 Å². The predicted molar refractivity (Wildman–Crippen MR) is 100 cm³/mol. The molecular weight excluding hydrogens is 308 g/mol. The summed E-state index contributed by atoms with van der Waals surface area (Å²) in [6, 6.07) is 0. The number of likely N-dealkylation sites (N-methyl/N-ethyl adjacent to an activating group) is 1. The average molecular weight is 349 g/mol. The number of hydrogen-bond acceptors (Lipinski definition) is 4. The highest BCUT2D eigenvalue weighted by molar-refractivity contribution is 5.68. The Morgan fingerprint density at radius 1 is 1.04 bits per heavy atom. The minimum Gasteiger partial charge on any atom is -0.446 e. The number of carbonyl (C=O) groups excluding carboxylic acids is 2. The van der Waals surface area contributed by atoms with Gasteiger partial charge in [-0.1, -0.05) is 41.5 Å². The largest absolute Gasteiger partial charge is 0.446 e. The number of amides is 2. The fraction of sp³-hybridized carbons (Fsp3) is 0.889. The molecule has 0 heterocycles. The van der Waals surface area contributed by atoms with Gasteiger partial charge in [0.25, 0.3) is 0 Å². The normalized spacial score (nSPS) is 9.79. The van der Waals surface area contributed by atoms with E-state index in [4.69, 9.17) is 9.47 Å². The first kappa shape index (κ1) is 27.4. The van der Waals surface area contributed by atoms with E-state index in [-0.39, 0.29) is 6.10 Å².